The van der Waals surface area contributed by atoms with Crippen LogP contribution in [0.1, 0.15) is 64.2 Å². The molecule has 0 aliphatic heterocycles. The molecule has 2 atom stereocenters. The zero-order valence-electron chi connectivity index (χ0n) is 15.1. The van der Waals surface area contributed by atoms with Gasteiger partial charge in [0, 0.05) is 13.0 Å². The first kappa shape index (κ1) is 23.6. The van der Waals surface area contributed by atoms with Gasteiger partial charge in [0.25, 0.3) is 0 Å². The van der Waals surface area contributed by atoms with Gasteiger partial charge in [-0.1, -0.05) is 42.9 Å². The summed E-state index contributed by atoms with van der Waals surface area (Å²) in [5.41, 5.74) is 0. The van der Waals surface area contributed by atoms with Crippen LogP contribution in [-0.2, 0) is 4.79 Å². The molecule has 2 unspecified atom stereocenters. The molecule has 0 fully saturated rings. The third-order valence-corrected chi connectivity index (χ3v) is 3.74. The fourth-order valence-electron chi connectivity index (χ4n) is 2.25. The quantitative estimate of drug-likeness (QED) is 0.194. The minimum Gasteiger partial charge on any atom is -0.481 e. The van der Waals surface area contributed by atoms with Gasteiger partial charge in [-0.05, 0) is 51.4 Å². The molecule has 0 radical (unpaired) electrons. The molecule has 25 heavy (non-hydrogen) atoms. The Morgan fingerprint density at radius 2 is 1.68 bits per heavy atom. The molecule has 0 aliphatic carbocycles. The van der Waals surface area contributed by atoms with Gasteiger partial charge in [-0.3, -0.25) is 4.79 Å². The summed E-state index contributed by atoms with van der Waals surface area (Å²) in [7, 11) is 0. The molecule has 0 saturated carbocycles. The number of hydrogen-bond acceptors (Lipinski definition) is 4. The van der Waals surface area contributed by atoms with Gasteiger partial charge in [0.1, 0.15) is 0 Å². The maximum absolute atomic E-state index is 10.4. The number of aliphatic hydroxyl groups excluding tert-OH is 3. The lowest BCUT2D eigenvalue weighted by Crippen LogP contribution is -2.04. The minimum atomic E-state index is -0.842. The summed E-state index contributed by atoms with van der Waals surface area (Å²) >= 11 is 0. The lowest BCUT2D eigenvalue weighted by molar-refractivity contribution is -0.137. The monoisotopic (exact) mass is 354 g/mol. The zero-order valence-corrected chi connectivity index (χ0v) is 15.1. The number of aliphatic hydroxyl groups is 3. The fraction of sp³-hybridized carbons (Fsp3) is 0.650. The van der Waals surface area contributed by atoms with Crippen molar-refractivity contribution in [2.45, 2.75) is 76.4 Å². The van der Waals surface area contributed by atoms with E-state index in [0.29, 0.717) is 25.7 Å². The van der Waals surface area contributed by atoms with Gasteiger partial charge in [-0.2, -0.15) is 0 Å². The molecule has 0 aromatic rings. The largest absolute Gasteiger partial charge is 0.481 e. The average molecular weight is 354 g/mol. The summed E-state index contributed by atoms with van der Waals surface area (Å²) < 4.78 is 0. The van der Waals surface area contributed by atoms with Crippen LogP contribution in [0.5, 0.6) is 0 Å². The molecule has 0 spiro atoms. The van der Waals surface area contributed by atoms with Crippen molar-refractivity contribution in [1.29, 1.82) is 0 Å². The molecule has 0 aromatic heterocycles. The van der Waals surface area contributed by atoms with Gasteiger partial charge in [-0.25, -0.2) is 0 Å². The van der Waals surface area contributed by atoms with Gasteiger partial charge < -0.3 is 20.4 Å². The Morgan fingerprint density at radius 3 is 2.40 bits per heavy atom. The topological polar surface area (TPSA) is 98.0 Å². The summed E-state index contributed by atoms with van der Waals surface area (Å²) in [6.45, 7) is 0.259. The van der Waals surface area contributed by atoms with E-state index in [4.69, 9.17) is 10.2 Å². The van der Waals surface area contributed by atoms with Gasteiger partial charge in [-0.15, -0.1) is 0 Å². The molecule has 0 bridgehead atoms. The number of carboxylic acid groups (broad SMARTS) is 1. The molecule has 144 valence electrons. The molecular formula is C20H34O5. The Morgan fingerprint density at radius 1 is 0.880 bits per heavy atom. The van der Waals surface area contributed by atoms with E-state index in [1.165, 1.54) is 0 Å². The molecule has 0 heterocycles. The SMILES string of the molecule is O=C(O)CCCC(O)/C=C/C=C/CCC(O)C/C=C/CCCCCO. The maximum Gasteiger partial charge on any atom is 0.303 e. The van der Waals surface area contributed by atoms with Crippen molar-refractivity contribution in [2.24, 2.45) is 0 Å². The highest BCUT2D eigenvalue weighted by Crippen LogP contribution is 2.06. The Labute approximate surface area is 151 Å². The van der Waals surface area contributed by atoms with E-state index in [9.17, 15) is 15.0 Å². The summed E-state index contributed by atoms with van der Waals surface area (Å²) in [5, 5.41) is 36.7. The van der Waals surface area contributed by atoms with E-state index >= 15 is 0 Å². The highest BCUT2D eigenvalue weighted by molar-refractivity contribution is 5.66. The van der Waals surface area contributed by atoms with Crippen LogP contribution in [0.3, 0.4) is 0 Å². The zero-order chi connectivity index (χ0) is 18.8. The van der Waals surface area contributed by atoms with Crippen molar-refractivity contribution < 1.29 is 25.2 Å². The number of allylic oxidation sites excluding steroid dienone is 4. The molecule has 5 nitrogen and oxygen atoms in total. The molecule has 0 rings (SSSR count). The Bertz CT molecular complexity index is 401. The van der Waals surface area contributed by atoms with Gasteiger partial charge in [0.15, 0.2) is 0 Å². The Hall–Kier alpha value is -1.43. The molecular weight excluding hydrogens is 320 g/mol. The highest BCUT2D eigenvalue weighted by atomic mass is 16.4. The first-order chi connectivity index (χ1) is 12.1. The van der Waals surface area contributed by atoms with Crippen molar-refractivity contribution >= 4 is 5.97 Å². The third-order valence-electron chi connectivity index (χ3n) is 3.74. The molecule has 5 heteroatoms. The standard InChI is InChI=1S/C20H34O5/c21-17-10-6-2-1-3-7-12-18(22)13-8-4-5-9-14-19(23)15-11-16-20(24)25/h3-5,7,9,14,18-19,21-23H,1-2,6,8,10-13,15-17H2,(H,24,25)/b5-4+,7-3+,14-9+. The van der Waals surface area contributed by atoms with E-state index in [0.717, 1.165) is 32.1 Å². The van der Waals surface area contributed by atoms with Crippen molar-refractivity contribution in [1.82, 2.24) is 0 Å². The van der Waals surface area contributed by atoms with Crippen LogP contribution >= 0.6 is 0 Å². The second-order valence-electron chi connectivity index (χ2n) is 6.18. The van der Waals surface area contributed by atoms with Crippen LogP contribution in [-0.4, -0.2) is 45.2 Å². The van der Waals surface area contributed by atoms with Crippen molar-refractivity contribution in [3.63, 3.8) is 0 Å². The number of rotatable bonds is 16. The maximum atomic E-state index is 10.4. The predicted molar refractivity (Wildman–Crippen MR) is 100 cm³/mol. The van der Waals surface area contributed by atoms with Crippen LogP contribution < -0.4 is 0 Å². The first-order valence-electron chi connectivity index (χ1n) is 9.23. The summed E-state index contributed by atoms with van der Waals surface area (Å²) in [5.74, 6) is -0.842. The van der Waals surface area contributed by atoms with Crippen molar-refractivity contribution in [3.05, 3.63) is 36.5 Å². The number of carbonyl (C=O) groups is 1. The molecule has 4 N–H and O–H groups in total. The van der Waals surface area contributed by atoms with Crippen LogP contribution in [0.4, 0.5) is 0 Å². The fourth-order valence-corrected chi connectivity index (χ4v) is 2.25. The van der Waals surface area contributed by atoms with E-state index in [1.54, 1.807) is 12.2 Å². The number of unbranched alkanes of at least 4 members (excludes halogenated alkanes) is 3. The van der Waals surface area contributed by atoms with E-state index in [1.807, 2.05) is 18.2 Å². The van der Waals surface area contributed by atoms with Crippen LogP contribution in [0, 0.1) is 0 Å². The lowest BCUT2D eigenvalue weighted by Gasteiger charge is -2.05. The molecule has 0 saturated heterocycles. The highest BCUT2D eigenvalue weighted by Gasteiger charge is 2.01. The van der Waals surface area contributed by atoms with Gasteiger partial charge >= 0.3 is 5.97 Å². The lowest BCUT2D eigenvalue weighted by atomic mass is 10.1. The second kappa shape index (κ2) is 17.4. The van der Waals surface area contributed by atoms with Gasteiger partial charge in [0.05, 0.1) is 12.2 Å². The van der Waals surface area contributed by atoms with E-state index in [2.05, 4.69) is 6.08 Å². The Balaban J connectivity index is 3.63. The second-order valence-corrected chi connectivity index (χ2v) is 6.18. The third kappa shape index (κ3) is 18.7. The predicted octanol–water partition coefficient (Wildman–Crippen LogP) is 3.35. The summed E-state index contributed by atoms with van der Waals surface area (Å²) in [6, 6.07) is 0. The molecule has 0 amide bonds. The molecule has 0 aliphatic rings. The molecule has 0 aromatic carbocycles. The normalized spacial score (nSPS) is 14.7. The van der Waals surface area contributed by atoms with Crippen LogP contribution in [0.25, 0.3) is 0 Å². The van der Waals surface area contributed by atoms with Gasteiger partial charge in [0.2, 0.25) is 0 Å². The minimum absolute atomic E-state index is 0.0791. The average Bonchev–Trinajstić information content (AvgIpc) is 2.56. The van der Waals surface area contributed by atoms with Crippen molar-refractivity contribution in [2.75, 3.05) is 6.61 Å². The van der Waals surface area contributed by atoms with Crippen LogP contribution in [0.15, 0.2) is 36.5 Å². The van der Waals surface area contributed by atoms with Crippen LogP contribution in [0.2, 0.25) is 0 Å². The smallest absolute Gasteiger partial charge is 0.303 e. The number of hydrogen-bond donors (Lipinski definition) is 4. The summed E-state index contributed by atoms with van der Waals surface area (Å²) in [4.78, 5) is 10.4. The first-order valence-corrected chi connectivity index (χ1v) is 9.23. The van der Waals surface area contributed by atoms with Crippen molar-refractivity contribution in [3.8, 4) is 0 Å². The van der Waals surface area contributed by atoms with E-state index < -0.39 is 12.1 Å². The summed E-state index contributed by atoms with van der Waals surface area (Å²) in [6.07, 6.45) is 17.4. The number of aliphatic carboxylic acids is 1. The Kier molecular flexibility index (Phi) is 16.4. The van der Waals surface area contributed by atoms with E-state index in [-0.39, 0.29) is 19.1 Å². The number of carboxylic acids is 1.